The normalized spacial score (nSPS) is 13.0. The monoisotopic (exact) mass is 1000 g/mol. The summed E-state index contributed by atoms with van der Waals surface area (Å²) in [5.74, 6) is -0.447. The van der Waals surface area contributed by atoms with Crippen LogP contribution in [-0.2, 0) is 14.3 Å². The fraction of sp³-hybridized carbons (Fsp3) is 0.938. The van der Waals surface area contributed by atoms with Gasteiger partial charge < -0.3 is 20.3 Å². The molecule has 3 unspecified atom stereocenters. The zero-order valence-corrected chi connectivity index (χ0v) is 48.4. The van der Waals surface area contributed by atoms with E-state index in [1.54, 1.807) is 0 Å². The second kappa shape index (κ2) is 59.5. The molecule has 0 aliphatic carbocycles. The minimum Gasteiger partial charge on any atom is -0.462 e. The second-order valence-corrected chi connectivity index (χ2v) is 22.5. The van der Waals surface area contributed by atoms with E-state index in [1.165, 1.54) is 276 Å². The molecule has 0 aliphatic rings. The van der Waals surface area contributed by atoms with Gasteiger partial charge in [0.25, 0.3) is 0 Å². The zero-order chi connectivity index (χ0) is 51.6. The third kappa shape index (κ3) is 54.7. The van der Waals surface area contributed by atoms with Gasteiger partial charge >= 0.3 is 5.97 Å². The molecule has 3 atom stereocenters. The van der Waals surface area contributed by atoms with Crippen molar-refractivity contribution < 1.29 is 24.5 Å². The summed E-state index contributed by atoms with van der Waals surface area (Å²) in [6.45, 7) is 6.55. The lowest BCUT2D eigenvalue weighted by atomic mass is 10.0. The number of carbonyl (C=O) groups is 2. The maximum absolute atomic E-state index is 13.3. The van der Waals surface area contributed by atoms with Crippen LogP contribution in [0.1, 0.15) is 367 Å². The van der Waals surface area contributed by atoms with E-state index in [0.29, 0.717) is 19.3 Å². The summed E-state index contributed by atoms with van der Waals surface area (Å²) in [5.41, 5.74) is 0. The number of esters is 1. The number of hydrogen-bond donors (Lipinski definition) is 3. The Bertz CT molecular complexity index is 1080. The average molecular weight is 1000 g/mol. The van der Waals surface area contributed by atoms with Crippen molar-refractivity contribution in [2.45, 2.75) is 386 Å². The molecule has 422 valence electrons. The quantitative estimate of drug-likeness (QED) is 0.0320. The molecule has 6 nitrogen and oxygen atoms in total. The van der Waals surface area contributed by atoms with Gasteiger partial charge in [-0.25, -0.2) is 0 Å². The lowest BCUT2D eigenvalue weighted by Crippen LogP contribution is -2.46. The minimum absolute atomic E-state index is 0.0856. The number of allylic oxidation sites excluding steroid dienone is 2. The van der Waals surface area contributed by atoms with Crippen LogP contribution in [0.5, 0.6) is 0 Å². The van der Waals surface area contributed by atoms with E-state index in [0.717, 1.165) is 44.9 Å². The Morgan fingerprint density at radius 3 is 1.00 bits per heavy atom. The molecule has 6 heteroatoms. The van der Waals surface area contributed by atoms with E-state index in [2.05, 4.69) is 38.2 Å². The Balaban J connectivity index is 4.47. The molecule has 0 aliphatic heterocycles. The van der Waals surface area contributed by atoms with Crippen LogP contribution in [-0.4, -0.2) is 46.9 Å². The van der Waals surface area contributed by atoms with Crippen molar-refractivity contribution in [2.24, 2.45) is 0 Å². The molecule has 0 heterocycles. The topological polar surface area (TPSA) is 95.9 Å². The fourth-order valence-electron chi connectivity index (χ4n) is 10.4. The first-order valence-electron chi connectivity index (χ1n) is 32.4. The van der Waals surface area contributed by atoms with Gasteiger partial charge in [0.05, 0.1) is 25.2 Å². The molecule has 0 aromatic rings. The SMILES string of the molecule is CCCCCCCC/C=C/CCCCCCCCCCCC(=O)OC(CCCCCCCCCCCCCCCCCC)CC(=O)NC(CO)C(O)CCCCCCCCCCCCCCCCCCC. The lowest BCUT2D eigenvalue weighted by molar-refractivity contribution is -0.151. The van der Waals surface area contributed by atoms with Crippen molar-refractivity contribution in [1.82, 2.24) is 5.32 Å². The summed E-state index contributed by atoms with van der Waals surface area (Å²) in [6, 6.07) is -0.697. The molecular formula is C65H127NO5. The molecule has 0 saturated carbocycles. The highest BCUT2D eigenvalue weighted by Crippen LogP contribution is 2.20. The Morgan fingerprint density at radius 1 is 0.394 bits per heavy atom. The molecule has 0 aromatic carbocycles. The van der Waals surface area contributed by atoms with Gasteiger partial charge in [0.1, 0.15) is 6.10 Å². The van der Waals surface area contributed by atoms with Gasteiger partial charge in [0.2, 0.25) is 5.91 Å². The summed E-state index contributed by atoms with van der Waals surface area (Å²) in [4.78, 5) is 26.4. The number of carbonyl (C=O) groups excluding carboxylic acids is 2. The van der Waals surface area contributed by atoms with E-state index in [9.17, 15) is 19.8 Å². The van der Waals surface area contributed by atoms with Crippen LogP contribution in [0.4, 0.5) is 0 Å². The van der Waals surface area contributed by atoms with Gasteiger partial charge in [-0.15, -0.1) is 0 Å². The molecule has 0 rings (SSSR count). The van der Waals surface area contributed by atoms with Crippen LogP contribution < -0.4 is 5.32 Å². The standard InChI is InChI=1S/C65H127NO5/c1-4-7-10-13-16-19-22-25-28-31-32-34-37-40-43-46-49-52-55-58-65(70)71-61(56-53-50-47-44-41-38-35-30-27-24-21-18-15-12-9-6-3)59-64(69)66-62(60-67)63(68)57-54-51-48-45-42-39-36-33-29-26-23-20-17-14-11-8-5-2/h25,28,61-63,67-68H,4-24,26-27,29-60H2,1-3H3,(H,66,69)/b28-25+. The third-order valence-electron chi connectivity index (χ3n) is 15.3. The van der Waals surface area contributed by atoms with Crippen molar-refractivity contribution in [2.75, 3.05) is 6.61 Å². The van der Waals surface area contributed by atoms with Crippen molar-refractivity contribution >= 4 is 11.9 Å². The van der Waals surface area contributed by atoms with Gasteiger partial charge in [-0.1, -0.05) is 315 Å². The highest BCUT2D eigenvalue weighted by Gasteiger charge is 2.24. The number of amides is 1. The van der Waals surface area contributed by atoms with Crippen LogP contribution in [0.25, 0.3) is 0 Å². The first-order chi connectivity index (χ1) is 35.0. The van der Waals surface area contributed by atoms with Gasteiger partial charge in [-0.2, -0.15) is 0 Å². The maximum Gasteiger partial charge on any atom is 0.306 e. The largest absolute Gasteiger partial charge is 0.462 e. The molecular weight excluding hydrogens is 875 g/mol. The molecule has 0 spiro atoms. The number of aliphatic hydroxyl groups is 2. The van der Waals surface area contributed by atoms with Gasteiger partial charge in [-0.3, -0.25) is 9.59 Å². The predicted octanol–water partition coefficient (Wildman–Crippen LogP) is 20.4. The molecule has 0 saturated heterocycles. The summed E-state index contributed by atoms with van der Waals surface area (Å²) in [5, 5.41) is 24.0. The van der Waals surface area contributed by atoms with Crippen LogP contribution in [0.3, 0.4) is 0 Å². The van der Waals surface area contributed by atoms with Gasteiger partial charge in [0.15, 0.2) is 0 Å². The first-order valence-corrected chi connectivity index (χ1v) is 32.4. The average Bonchev–Trinajstić information content (AvgIpc) is 3.36. The van der Waals surface area contributed by atoms with Gasteiger partial charge in [-0.05, 0) is 51.4 Å². The van der Waals surface area contributed by atoms with Gasteiger partial charge in [0, 0.05) is 6.42 Å². The fourth-order valence-corrected chi connectivity index (χ4v) is 10.4. The van der Waals surface area contributed by atoms with E-state index in [4.69, 9.17) is 4.74 Å². The smallest absolute Gasteiger partial charge is 0.306 e. The van der Waals surface area contributed by atoms with Crippen LogP contribution in [0.2, 0.25) is 0 Å². The highest BCUT2D eigenvalue weighted by molar-refractivity contribution is 5.77. The maximum atomic E-state index is 13.3. The van der Waals surface area contributed by atoms with E-state index < -0.39 is 18.2 Å². The number of rotatable bonds is 60. The van der Waals surface area contributed by atoms with Crippen molar-refractivity contribution in [3.63, 3.8) is 0 Å². The number of ether oxygens (including phenoxy) is 1. The van der Waals surface area contributed by atoms with E-state index in [-0.39, 0.29) is 24.9 Å². The van der Waals surface area contributed by atoms with E-state index in [1.807, 2.05) is 0 Å². The van der Waals surface area contributed by atoms with Crippen LogP contribution in [0.15, 0.2) is 12.2 Å². The Labute approximate surface area is 444 Å². The number of hydrogen-bond acceptors (Lipinski definition) is 5. The van der Waals surface area contributed by atoms with Crippen LogP contribution >= 0.6 is 0 Å². The summed E-state index contributed by atoms with van der Waals surface area (Å²) in [6.07, 6.45) is 70.0. The molecule has 0 bridgehead atoms. The Morgan fingerprint density at radius 2 is 0.676 bits per heavy atom. The summed E-state index contributed by atoms with van der Waals surface area (Å²) < 4.78 is 6.00. The molecule has 0 aromatic heterocycles. The number of aliphatic hydroxyl groups excluding tert-OH is 2. The molecule has 3 N–H and O–H groups in total. The van der Waals surface area contributed by atoms with E-state index >= 15 is 0 Å². The summed E-state index contributed by atoms with van der Waals surface area (Å²) >= 11 is 0. The predicted molar refractivity (Wildman–Crippen MR) is 310 cm³/mol. The zero-order valence-electron chi connectivity index (χ0n) is 48.4. The number of unbranched alkanes of at least 4 members (excludes halogenated alkanes) is 46. The van der Waals surface area contributed by atoms with Crippen LogP contribution in [0, 0.1) is 0 Å². The first kappa shape index (κ1) is 69.6. The molecule has 1 amide bonds. The molecule has 0 radical (unpaired) electrons. The molecule has 0 fully saturated rings. The number of nitrogens with one attached hydrogen (secondary N) is 1. The third-order valence-corrected chi connectivity index (χ3v) is 15.3. The Kier molecular flexibility index (Phi) is 58.3. The van der Waals surface area contributed by atoms with Crippen molar-refractivity contribution in [3.05, 3.63) is 12.2 Å². The molecule has 71 heavy (non-hydrogen) atoms. The highest BCUT2D eigenvalue weighted by atomic mass is 16.5. The Hall–Kier alpha value is -1.40. The minimum atomic E-state index is -0.784. The summed E-state index contributed by atoms with van der Waals surface area (Å²) in [7, 11) is 0. The second-order valence-electron chi connectivity index (χ2n) is 22.5. The lowest BCUT2D eigenvalue weighted by Gasteiger charge is -2.24. The van der Waals surface area contributed by atoms with Crippen molar-refractivity contribution in [3.8, 4) is 0 Å². The van der Waals surface area contributed by atoms with Crippen molar-refractivity contribution in [1.29, 1.82) is 0 Å².